The molecule has 0 fully saturated rings. The fourth-order valence-electron chi connectivity index (χ4n) is 1.29. The molecule has 0 spiro atoms. The number of unbranched alkanes of at least 4 members (excludes halogenated alkanes) is 1. The number of rotatable bonds is 6. The highest BCUT2D eigenvalue weighted by atomic mass is 19.1. The van der Waals surface area contributed by atoms with Crippen LogP contribution in [0.5, 0.6) is 5.75 Å². The minimum absolute atomic E-state index is 0.0605. The first kappa shape index (κ1) is 13.5. The zero-order valence-electron chi connectivity index (χ0n) is 10.2. The van der Waals surface area contributed by atoms with Crippen molar-refractivity contribution in [3.8, 4) is 5.75 Å². The second-order valence-electron chi connectivity index (χ2n) is 3.56. The summed E-state index contributed by atoms with van der Waals surface area (Å²) in [5.74, 6) is -0.827. The highest BCUT2D eigenvalue weighted by Crippen LogP contribution is 2.17. The molecule has 0 aliphatic carbocycles. The van der Waals surface area contributed by atoms with Gasteiger partial charge < -0.3 is 9.47 Å². The van der Waals surface area contributed by atoms with E-state index in [1.54, 1.807) is 13.0 Å². The Balaban J connectivity index is 2.68. The second-order valence-corrected chi connectivity index (χ2v) is 3.56. The van der Waals surface area contributed by atoms with Crippen LogP contribution in [0.4, 0.5) is 4.39 Å². The van der Waals surface area contributed by atoms with Gasteiger partial charge in [0.05, 0.1) is 18.8 Å². The first-order valence-electron chi connectivity index (χ1n) is 5.78. The first-order valence-corrected chi connectivity index (χ1v) is 5.78. The number of ether oxygens (including phenoxy) is 2. The molecule has 1 rings (SSSR count). The fourth-order valence-corrected chi connectivity index (χ4v) is 1.29. The van der Waals surface area contributed by atoms with Crippen molar-refractivity contribution in [2.75, 3.05) is 13.2 Å². The number of hydrogen-bond donors (Lipinski definition) is 0. The van der Waals surface area contributed by atoms with Gasteiger partial charge in [-0.1, -0.05) is 13.3 Å². The molecular weight excluding hydrogens is 223 g/mol. The summed E-state index contributed by atoms with van der Waals surface area (Å²) in [7, 11) is 0. The Morgan fingerprint density at radius 3 is 2.71 bits per heavy atom. The zero-order chi connectivity index (χ0) is 12.7. The van der Waals surface area contributed by atoms with Crippen LogP contribution in [0.3, 0.4) is 0 Å². The van der Waals surface area contributed by atoms with Crippen LogP contribution in [0.15, 0.2) is 18.2 Å². The van der Waals surface area contributed by atoms with Gasteiger partial charge in [-0.15, -0.1) is 0 Å². The van der Waals surface area contributed by atoms with E-state index >= 15 is 0 Å². The van der Waals surface area contributed by atoms with Crippen molar-refractivity contribution < 1.29 is 18.7 Å². The molecule has 3 nitrogen and oxygen atoms in total. The number of carbonyl (C=O) groups excluding carboxylic acids is 1. The van der Waals surface area contributed by atoms with Crippen LogP contribution < -0.4 is 4.74 Å². The summed E-state index contributed by atoms with van der Waals surface area (Å²) >= 11 is 0. The lowest BCUT2D eigenvalue weighted by molar-refractivity contribution is 0.0521. The summed E-state index contributed by atoms with van der Waals surface area (Å²) in [6.07, 6.45) is 1.94. The molecule has 0 aromatic heterocycles. The van der Waals surface area contributed by atoms with E-state index in [2.05, 4.69) is 0 Å². The maximum absolute atomic E-state index is 13.6. The molecule has 0 N–H and O–H groups in total. The number of hydrogen-bond acceptors (Lipinski definition) is 3. The molecule has 0 aliphatic rings. The quantitative estimate of drug-likeness (QED) is 0.566. The Bertz CT molecular complexity index is 377. The van der Waals surface area contributed by atoms with Crippen LogP contribution in [-0.4, -0.2) is 19.2 Å². The van der Waals surface area contributed by atoms with E-state index in [9.17, 15) is 9.18 Å². The third-order valence-electron chi connectivity index (χ3n) is 2.20. The standard InChI is InChI=1S/C13H17FO3/c1-3-5-8-17-10-6-7-11(12(14)9-10)13(15)16-4-2/h6-7,9H,3-5,8H2,1-2H3. The molecule has 4 heteroatoms. The smallest absolute Gasteiger partial charge is 0.341 e. The average Bonchev–Trinajstić information content (AvgIpc) is 2.29. The van der Waals surface area contributed by atoms with E-state index in [4.69, 9.17) is 9.47 Å². The maximum atomic E-state index is 13.6. The Labute approximate surface area is 101 Å². The van der Waals surface area contributed by atoms with Crippen LogP contribution >= 0.6 is 0 Å². The summed E-state index contributed by atoms with van der Waals surface area (Å²) in [4.78, 5) is 11.3. The van der Waals surface area contributed by atoms with Gasteiger partial charge in [0, 0.05) is 6.07 Å². The summed E-state index contributed by atoms with van der Waals surface area (Å²) in [5.41, 5.74) is -0.0605. The van der Waals surface area contributed by atoms with Gasteiger partial charge in [0.1, 0.15) is 11.6 Å². The molecule has 94 valence electrons. The Hall–Kier alpha value is -1.58. The maximum Gasteiger partial charge on any atom is 0.341 e. The van der Waals surface area contributed by atoms with Gasteiger partial charge in [-0.2, -0.15) is 0 Å². The Morgan fingerprint density at radius 2 is 2.12 bits per heavy atom. The molecule has 0 radical (unpaired) electrons. The van der Waals surface area contributed by atoms with Crippen molar-refractivity contribution in [2.45, 2.75) is 26.7 Å². The largest absolute Gasteiger partial charge is 0.493 e. The second kappa shape index (κ2) is 6.89. The lowest BCUT2D eigenvalue weighted by Gasteiger charge is -2.07. The van der Waals surface area contributed by atoms with Gasteiger partial charge in [-0.25, -0.2) is 9.18 Å². The number of esters is 1. The molecule has 17 heavy (non-hydrogen) atoms. The molecule has 0 saturated heterocycles. The molecule has 0 bridgehead atoms. The Kier molecular flexibility index (Phi) is 5.46. The number of benzene rings is 1. The van der Waals surface area contributed by atoms with Crippen LogP contribution in [-0.2, 0) is 4.74 Å². The molecule has 0 amide bonds. The lowest BCUT2D eigenvalue weighted by atomic mass is 10.2. The first-order chi connectivity index (χ1) is 8.19. The third kappa shape index (κ3) is 4.06. The number of halogens is 1. The topological polar surface area (TPSA) is 35.5 Å². The highest BCUT2D eigenvalue weighted by Gasteiger charge is 2.13. The van der Waals surface area contributed by atoms with Crippen molar-refractivity contribution in [1.29, 1.82) is 0 Å². The molecule has 0 aliphatic heterocycles. The molecular formula is C13H17FO3. The van der Waals surface area contributed by atoms with E-state index in [0.717, 1.165) is 12.8 Å². The van der Waals surface area contributed by atoms with Crippen molar-refractivity contribution in [3.05, 3.63) is 29.6 Å². The van der Waals surface area contributed by atoms with Gasteiger partial charge in [-0.3, -0.25) is 0 Å². The highest BCUT2D eigenvalue weighted by molar-refractivity contribution is 5.89. The van der Waals surface area contributed by atoms with Crippen LogP contribution in [0.25, 0.3) is 0 Å². The molecule has 1 aromatic rings. The minimum atomic E-state index is -0.648. The third-order valence-corrected chi connectivity index (χ3v) is 2.20. The minimum Gasteiger partial charge on any atom is -0.493 e. The molecule has 0 saturated carbocycles. The van der Waals surface area contributed by atoms with Crippen molar-refractivity contribution in [2.24, 2.45) is 0 Å². The summed E-state index contributed by atoms with van der Waals surface area (Å²) in [6, 6.07) is 4.17. The lowest BCUT2D eigenvalue weighted by Crippen LogP contribution is -2.07. The Morgan fingerprint density at radius 1 is 1.35 bits per heavy atom. The zero-order valence-corrected chi connectivity index (χ0v) is 10.2. The van der Waals surface area contributed by atoms with Crippen LogP contribution in [0.1, 0.15) is 37.0 Å². The van der Waals surface area contributed by atoms with E-state index < -0.39 is 11.8 Å². The summed E-state index contributed by atoms with van der Waals surface area (Å²) in [5, 5.41) is 0. The fraction of sp³-hybridized carbons (Fsp3) is 0.462. The van der Waals surface area contributed by atoms with Gasteiger partial charge in [0.2, 0.25) is 0 Å². The molecule has 1 aromatic carbocycles. The van der Waals surface area contributed by atoms with Gasteiger partial charge >= 0.3 is 5.97 Å². The van der Waals surface area contributed by atoms with Crippen LogP contribution in [0, 0.1) is 5.82 Å². The number of carbonyl (C=O) groups is 1. The molecule has 0 atom stereocenters. The monoisotopic (exact) mass is 240 g/mol. The summed E-state index contributed by atoms with van der Waals surface area (Å²) in [6.45, 7) is 4.51. The van der Waals surface area contributed by atoms with Crippen molar-refractivity contribution in [3.63, 3.8) is 0 Å². The van der Waals surface area contributed by atoms with E-state index in [-0.39, 0.29) is 12.2 Å². The van der Waals surface area contributed by atoms with Gasteiger partial charge in [-0.05, 0) is 25.5 Å². The predicted molar refractivity (Wildman–Crippen MR) is 62.8 cm³/mol. The van der Waals surface area contributed by atoms with Crippen LogP contribution in [0.2, 0.25) is 0 Å². The molecule has 0 heterocycles. The van der Waals surface area contributed by atoms with Crippen molar-refractivity contribution in [1.82, 2.24) is 0 Å². The van der Waals surface area contributed by atoms with E-state index in [0.29, 0.717) is 12.4 Å². The van der Waals surface area contributed by atoms with Gasteiger partial charge in [0.25, 0.3) is 0 Å². The summed E-state index contributed by atoms with van der Waals surface area (Å²) < 4.78 is 23.6. The van der Waals surface area contributed by atoms with Gasteiger partial charge in [0.15, 0.2) is 0 Å². The van der Waals surface area contributed by atoms with E-state index in [1.165, 1.54) is 12.1 Å². The van der Waals surface area contributed by atoms with E-state index in [1.807, 2.05) is 6.92 Å². The average molecular weight is 240 g/mol. The van der Waals surface area contributed by atoms with Crippen molar-refractivity contribution >= 4 is 5.97 Å². The molecule has 0 unspecified atom stereocenters. The SMILES string of the molecule is CCCCOc1ccc(C(=O)OCC)c(F)c1. The predicted octanol–water partition coefficient (Wildman–Crippen LogP) is 3.18. The normalized spacial score (nSPS) is 10.1.